The second-order valence-corrected chi connectivity index (χ2v) is 5.47. The van der Waals surface area contributed by atoms with Crippen LogP contribution in [0.5, 0.6) is 0 Å². The van der Waals surface area contributed by atoms with Crippen molar-refractivity contribution < 1.29 is 24.2 Å². The van der Waals surface area contributed by atoms with Crippen molar-refractivity contribution in [3.05, 3.63) is 0 Å². The van der Waals surface area contributed by atoms with E-state index in [1.807, 2.05) is 0 Å². The summed E-state index contributed by atoms with van der Waals surface area (Å²) in [5.41, 5.74) is 0. The van der Waals surface area contributed by atoms with Crippen molar-refractivity contribution in [2.45, 2.75) is 52.1 Å². The molecular weight excluding hydrogens is 276 g/mol. The van der Waals surface area contributed by atoms with Gasteiger partial charge in [0.1, 0.15) is 12.1 Å². The molecule has 7 heteroatoms. The van der Waals surface area contributed by atoms with Crippen LogP contribution in [0.25, 0.3) is 0 Å². The number of likely N-dealkylation sites (tertiary alicyclic amines) is 1. The predicted octanol–water partition coefficient (Wildman–Crippen LogP) is 1.22. The van der Waals surface area contributed by atoms with Gasteiger partial charge in [0.05, 0.1) is 6.61 Å². The van der Waals surface area contributed by atoms with Gasteiger partial charge in [-0.25, -0.2) is 14.4 Å². The Hall–Kier alpha value is -1.79. The zero-order valence-corrected chi connectivity index (χ0v) is 12.8. The summed E-state index contributed by atoms with van der Waals surface area (Å²) in [6.07, 6.45) is 2.19. The summed E-state index contributed by atoms with van der Waals surface area (Å²) in [5, 5.41) is 11.6. The molecule has 0 aromatic heterocycles. The van der Waals surface area contributed by atoms with Crippen LogP contribution >= 0.6 is 0 Å². The van der Waals surface area contributed by atoms with Crippen molar-refractivity contribution in [1.82, 2.24) is 10.2 Å². The summed E-state index contributed by atoms with van der Waals surface area (Å²) in [5.74, 6) is -1.75. The average molecular weight is 300 g/mol. The Morgan fingerprint density at radius 3 is 2.52 bits per heavy atom. The second-order valence-electron chi connectivity index (χ2n) is 5.47. The highest BCUT2D eigenvalue weighted by Gasteiger charge is 2.35. The Kier molecular flexibility index (Phi) is 6.45. The van der Waals surface area contributed by atoms with Gasteiger partial charge in [0, 0.05) is 6.54 Å². The van der Waals surface area contributed by atoms with Crippen molar-refractivity contribution in [2.75, 3.05) is 13.2 Å². The van der Waals surface area contributed by atoms with Crippen molar-refractivity contribution in [1.29, 1.82) is 0 Å². The third-order valence-electron chi connectivity index (χ3n) is 3.53. The summed E-state index contributed by atoms with van der Waals surface area (Å²) in [4.78, 5) is 36.7. The number of nitrogens with zero attached hydrogens (tertiary/aromatic N) is 1. The van der Waals surface area contributed by atoms with Crippen LogP contribution in [0.1, 0.15) is 40.0 Å². The second kappa shape index (κ2) is 7.85. The third-order valence-corrected chi connectivity index (χ3v) is 3.53. The van der Waals surface area contributed by atoms with Crippen LogP contribution in [0.15, 0.2) is 0 Å². The Morgan fingerprint density at radius 2 is 2.00 bits per heavy atom. The first-order chi connectivity index (χ1) is 9.88. The van der Waals surface area contributed by atoms with Gasteiger partial charge in [-0.2, -0.15) is 0 Å². The molecule has 2 atom stereocenters. The van der Waals surface area contributed by atoms with Gasteiger partial charge in [0.25, 0.3) is 0 Å². The van der Waals surface area contributed by atoms with Gasteiger partial charge >= 0.3 is 18.0 Å². The van der Waals surface area contributed by atoms with E-state index in [4.69, 9.17) is 9.84 Å². The molecule has 2 unspecified atom stereocenters. The first-order valence-electron chi connectivity index (χ1n) is 7.35. The van der Waals surface area contributed by atoms with Crippen LogP contribution in [0.3, 0.4) is 0 Å². The van der Waals surface area contributed by atoms with Gasteiger partial charge in [-0.05, 0) is 32.1 Å². The fourth-order valence-corrected chi connectivity index (χ4v) is 2.39. The molecule has 1 aliphatic rings. The molecule has 0 aromatic carbocycles. The van der Waals surface area contributed by atoms with Crippen LogP contribution in [-0.2, 0) is 14.3 Å². The number of nitrogens with one attached hydrogen (secondary N) is 1. The molecule has 0 aliphatic carbocycles. The normalized spacial score (nSPS) is 20.0. The molecule has 1 aliphatic heterocycles. The average Bonchev–Trinajstić information content (AvgIpc) is 2.44. The number of hydrogen-bond acceptors (Lipinski definition) is 4. The quantitative estimate of drug-likeness (QED) is 0.744. The van der Waals surface area contributed by atoms with E-state index >= 15 is 0 Å². The lowest BCUT2D eigenvalue weighted by Gasteiger charge is -2.35. The first kappa shape index (κ1) is 17.3. The summed E-state index contributed by atoms with van der Waals surface area (Å²) < 4.78 is 4.98. The molecule has 1 fully saturated rings. The van der Waals surface area contributed by atoms with E-state index in [1.54, 1.807) is 20.8 Å². The van der Waals surface area contributed by atoms with Crippen LogP contribution < -0.4 is 5.32 Å². The molecule has 2 amide bonds. The number of esters is 1. The lowest BCUT2D eigenvalue weighted by molar-refractivity contribution is -0.149. The molecule has 120 valence electrons. The standard InChI is InChI=1S/C14H24N2O5/c1-4-21-13(19)10-7-5-6-8-16(10)14(20)15-11(9(2)3)12(17)18/h9-11H,4-8H2,1-3H3,(H,15,20)(H,17,18). The van der Waals surface area contributed by atoms with Crippen LogP contribution in [0, 0.1) is 5.92 Å². The Morgan fingerprint density at radius 1 is 1.33 bits per heavy atom. The maximum atomic E-state index is 12.3. The van der Waals surface area contributed by atoms with Crippen LogP contribution in [0.4, 0.5) is 4.79 Å². The Labute approximate surface area is 124 Å². The molecule has 1 rings (SSSR count). The topological polar surface area (TPSA) is 95.9 Å². The summed E-state index contributed by atoms with van der Waals surface area (Å²) in [7, 11) is 0. The highest BCUT2D eigenvalue weighted by Crippen LogP contribution is 2.19. The minimum Gasteiger partial charge on any atom is -0.480 e. The van der Waals surface area contributed by atoms with E-state index in [0.717, 1.165) is 12.8 Å². The molecule has 0 saturated carbocycles. The Bertz CT molecular complexity index is 397. The van der Waals surface area contributed by atoms with Gasteiger partial charge in [-0.3, -0.25) is 0 Å². The number of carboxylic acids is 1. The van der Waals surface area contributed by atoms with E-state index in [9.17, 15) is 14.4 Å². The molecule has 0 aromatic rings. The van der Waals surface area contributed by atoms with Crippen molar-refractivity contribution in [2.24, 2.45) is 5.92 Å². The zero-order chi connectivity index (χ0) is 16.0. The number of amides is 2. The number of carboxylic acid groups (broad SMARTS) is 1. The molecule has 0 spiro atoms. The summed E-state index contributed by atoms with van der Waals surface area (Å²) in [6, 6.07) is -2.11. The number of carbonyl (C=O) groups excluding carboxylic acids is 2. The van der Waals surface area contributed by atoms with Gasteiger partial charge in [0.15, 0.2) is 0 Å². The molecule has 1 saturated heterocycles. The van der Waals surface area contributed by atoms with Gasteiger partial charge in [0.2, 0.25) is 0 Å². The molecule has 2 N–H and O–H groups in total. The van der Waals surface area contributed by atoms with E-state index in [-0.39, 0.29) is 12.5 Å². The first-order valence-corrected chi connectivity index (χ1v) is 7.35. The maximum Gasteiger partial charge on any atom is 0.328 e. The van der Waals surface area contributed by atoms with Crippen molar-refractivity contribution >= 4 is 18.0 Å². The number of ether oxygens (including phenoxy) is 1. The fraction of sp³-hybridized carbons (Fsp3) is 0.786. The van der Waals surface area contributed by atoms with E-state index in [2.05, 4.69) is 5.32 Å². The van der Waals surface area contributed by atoms with E-state index in [1.165, 1.54) is 4.90 Å². The fourth-order valence-electron chi connectivity index (χ4n) is 2.39. The van der Waals surface area contributed by atoms with E-state index < -0.39 is 30.1 Å². The Balaban J connectivity index is 2.77. The number of hydrogen-bond donors (Lipinski definition) is 2. The van der Waals surface area contributed by atoms with Gasteiger partial charge in [-0.1, -0.05) is 13.8 Å². The van der Waals surface area contributed by atoms with E-state index in [0.29, 0.717) is 13.0 Å². The monoisotopic (exact) mass is 300 g/mol. The van der Waals surface area contributed by atoms with Crippen molar-refractivity contribution in [3.8, 4) is 0 Å². The lowest BCUT2D eigenvalue weighted by Crippen LogP contribution is -2.56. The number of rotatable bonds is 5. The zero-order valence-electron chi connectivity index (χ0n) is 12.8. The molecular formula is C14H24N2O5. The number of urea groups is 1. The molecule has 0 bridgehead atoms. The maximum absolute atomic E-state index is 12.3. The molecule has 21 heavy (non-hydrogen) atoms. The SMILES string of the molecule is CCOC(=O)C1CCCCN1C(=O)NC(C(=O)O)C(C)C. The molecule has 1 heterocycles. The highest BCUT2D eigenvalue weighted by molar-refractivity contribution is 5.87. The van der Waals surface area contributed by atoms with Crippen LogP contribution in [0.2, 0.25) is 0 Å². The highest BCUT2D eigenvalue weighted by atomic mass is 16.5. The summed E-state index contributed by atoms with van der Waals surface area (Å²) >= 11 is 0. The minimum absolute atomic E-state index is 0.239. The molecule has 7 nitrogen and oxygen atoms in total. The van der Waals surface area contributed by atoms with Gasteiger partial charge < -0.3 is 20.1 Å². The lowest BCUT2D eigenvalue weighted by atomic mass is 10.0. The van der Waals surface area contributed by atoms with Gasteiger partial charge in [-0.15, -0.1) is 0 Å². The molecule has 0 radical (unpaired) electrons. The third kappa shape index (κ3) is 4.61. The smallest absolute Gasteiger partial charge is 0.328 e. The van der Waals surface area contributed by atoms with Crippen molar-refractivity contribution in [3.63, 3.8) is 0 Å². The predicted molar refractivity (Wildman–Crippen MR) is 75.8 cm³/mol. The summed E-state index contributed by atoms with van der Waals surface area (Å²) in [6.45, 7) is 5.84. The number of piperidine rings is 1. The number of carbonyl (C=O) groups is 3. The number of aliphatic carboxylic acids is 1. The van der Waals surface area contributed by atoms with Crippen LogP contribution in [-0.4, -0.2) is 53.2 Å². The largest absolute Gasteiger partial charge is 0.480 e. The minimum atomic E-state index is -1.08.